The van der Waals surface area contributed by atoms with Crippen molar-refractivity contribution in [3.63, 3.8) is 0 Å². The van der Waals surface area contributed by atoms with Crippen LogP contribution in [0.3, 0.4) is 0 Å². The summed E-state index contributed by atoms with van der Waals surface area (Å²) in [7, 11) is 0. The number of rotatable bonds is 2. The molecule has 0 spiro atoms. The maximum atomic E-state index is 14.2. The molecule has 2 amide bonds. The number of halogens is 3. The number of amides is 2. The summed E-state index contributed by atoms with van der Waals surface area (Å²) in [6.45, 7) is 10.4. The molecule has 3 nitrogen and oxygen atoms in total. The number of aryl methyl sites for hydroxylation is 1. The number of carbonyl (C=O) groups excluding carboxylic acids is 2. The van der Waals surface area contributed by atoms with Gasteiger partial charge in [-0.05, 0) is 82.3 Å². The van der Waals surface area contributed by atoms with Gasteiger partial charge in [0.05, 0.1) is 10.5 Å². The average Bonchev–Trinajstić information content (AvgIpc) is 3.01. The monoisotopic (exact) mass is 473 g/mol. The molecule has 0 bridgehead atoms. The normalized spacial score (nSPS) is 20.7. The molecule has 0 aromatic heterocycles. The lowest BCUT2D eigenvalue weighted by molar-refractivity contribution is -0.137. The van der Waals surface area contributed by atoms with Crippen molar-refractivity contribution in [1.82, 2.24) is 5.32 Å². The molecule has 0 saturated carbocycles. The highest BCUT2D eigenvalue weighted by Gasteiger charge is 2.39. The number of carbonyl (C=O) groups is 2. The fourth-order valence-corrected chi connectivity index (χ4v) is 5.45. The quantitative estimate of drug-likeness (QED) is 0.464. The van der Waals surface area contributed by atoms with Gasteiger partial charge in [0.2, 0.25) is 0 Å². The fraction of sp³-hybridized carbons (Fsp3) is 0.385. The number of hydrogen-bond donors (Lipinski definition) is 1. The van der Waals surface area contributed by atoms with Crippen LogP contribution in [0.2, 0.25) is 0 Å². The van der Waals surface area contributed by atoms with Gasteiger partial charge in [-0.2, -0.15) is 13.2 Å². The molecule has 2 aromatic carbocycles. The minimum atomic E-state index is -4.58. The molecule has 1 aliphatic carbocycles. The van der Waals surface area contributed by atoms with Crippen molar-refractivity contribution in [2.45, 2.75) is 64.5 Å². The molecular formula is C26H26F3NO2S. The third kappa shape index (κ3) is 4.23. The van der Waals surface area contributed by atoms with Gasteiger partial charge < -0.3 is 0 Å². The first-order valence-corrected chi connectivity index (χ1v) is 11.6. The molecule has 1 saturated heterocycles. The van der Waals surface area contributed by atoms with Gasteiger partial charge in [-0.25, -0.2) is 0 Å². The van der Waals surface area contributed by atoms with Gasteiger partial charge in [-0.1, -0.05) is 52.0 Å². The summed E-state index contributed by atoms with van der Waals surface area (Å²) in [5.74, 6) is -0.599. The summed E-state index contributed by atoms with van der Waals surface area (Å²) in [6, 6.07) is 7.89. The van der Waals surface area contributed by atoms with E-state index in [1.807, 2.05) is 19.1 Å². The van der Waals surface area contributed by atoms with Crippen molar-refractivity contribution >= 4 is 29.0 Å². The second kappa shape index (κ2) is 7.76. The topological polar surface area (TPSA) is 46.2 Å². The van der Waals surface area contributed by atoms with Gasteiger partial charge in [0, 0.05) is 5.56 Å². The first kappa shape index (κ1) is 23.6. The fourth-order valence-electron chi connectivity index (χ4n) is 4.78. The first-order chi connectivity index (χ1) is 15.2. The zero-order chi connectivity index (χ0) is 24.3. The zero-order valence-corrected chi connectivity index (χ0v) is 20.1. The highest BCUT2D eigenvalue weighted by Crippen LogP contribution is 2.49. The number of benzene rings is 2. The van der Waals surface area contributed by atoms with E-state index in [0.29, 0.717) is 17.3 Å². The van der Waals surface area contributed by atoms with Crippen LogP contribution >= 0.6 is 11.8 Å². The summed E-state index contributed by atoms with van der Waals surface area (Å²) < 4.78 is 42.5. The molecule has 0 atom stereocenters. The molecule has 0 radical (unpaired) electrons. The molecule has 2 aromatic rings. The van der Waals surface area contributed by atoms with Crippen molar-refractivity contribution in [1.29, 1.82) is 0 Å². The minimum Gasteiger partial charge on any atom is -0.282 e. The van der Waals surface area contributed by atoms with Gasteiger partial charge in [0.1, 0.15) is 0 Å². The summed E-state index contributed by atoms with van der Waals surface area (Å²) >= 11 is 0.693. The standard InChI is InChI=1S/C26H26F3NO2S/c1-14-11-18-19(25(4,5)10-9-24(18,2)3)13-16(14)21-15(7-6-8-17(21)26(27,28)29)12-20-22(31)30-23(32)33-20/h6-8,11-13H,9-10H2,1-5H3,(H,30,31,32). The Labute approximate surface area is 195 Å². The third-order valence-corrected chi connectivity index (χ3v) is 7.61. The van der Waals surface area contributed by atoms with Crippen LogP contribution in [0.25, 0.3) is 17.2 Å². The van der Waals surface area contributed by atoms with E-state index < -0.39 is 22.9 Å². The zero-order valence-electron chi connectivity index (χ0n) is 19.2. The Bertz CT molecular complexity index is 1210. The molecule has 1 aliphatic heterocycles. The van der Waals surface area contributed by atoms with Crippen molar-refractivity contribution in [2.75, 3.05) is 0 Å². The maximum absolute atomic E-state index is 14.2. The molecule has 174 valence electrons. The van der Waals surface area contributed by atoms with Crippen LogP contribution in [0, 0.1) is 6.92 Å². The molecule has 1 fully saturated rings. The lowest BCUT2D eigenvalue weighted by Gasteiger charge is -2.42. The molecule has 4 rings (SSSR count). The summed E-state index contributed by atoms with van der Waals surface area (Å²) in [5, 5.41) is 1.62. The van der Waals surface area contributed by atoms with Crippen LogP contribution in [-0.4, -0.2) is 11.1 Å². The van der Waals surface area contributed by atoms with Gasteiger partial charge >= 0.3 is 6.18 Å². The minimum absolute atomic E-state index is 0.0322. The Morgan fingerprint density at radius 3 is 2.15 bits per heavy atom. The number of thioether (sulfide) groups is 1. The van der Waals surface area contributed by atoms with E-state index in [1.165, 1.54) is 17.7 Å². The van der Waals surface area contributed by atoms with Crippen molar-refractivity contribution in [2.24, 2.45) is 0 Å². The highest BCUT2D eigenvalue weighted by molar-refractivity contribution is 8.18. The maximum Gasteiger partial charge on any atom is 0.417 e. The SMILES string of the molecule is Cc1cc2c(cc1-c1c(C=C3SC(=O)NC3=O)cccc1C(F)(F)F)C(C)(C)CCC2(C)C. The molecule has 7 heteroatoms. The van der Waals surface area contributed by atoms with E-state index in [-0.39, 0.29) is 26.9 Å². The molecule has 1 heterocycles. The van der Waals surface area contributed by atoms with Gasteiger partial charge in [0.25, 0.3) is 11.1 Å². The van der Waals surface area contributed by atoms with Crippen LogP contribution in [-0.2, 0) is 21.8 Å². The molecule has 0 unspecified atom stereocenters. The Morgan fingerprint density at radius 2 is 1.61 bits per heavy atom. The van der Waals surface area contributed by atoms with E-state index in [2.05, 4.69) is 33.0 Å². The first-order valence-electron chi connectivity index (χ1n) is 10.8. The molecule has 2 aliphatic rings. The largest absolute Gasteiger partial charge is 0.417 e. The van der Waals surface area contributed by atoms with Crippen LogP contribution in [0.1, 0.15) is 68.4 Å². The van der Waals surface area contributed by atoms with E-state index in [1.54, 1.807) is 6.07 Å². The number of nitrogens with one attached hydrogen (secondary N) is 1. The number of imide groups is 1. The lowest BCUT2D eigenvalue weighted by atomic mass is 9.62. The number of fused-ring (bicyclic) bond motifs is 1. The summed E-state index contributed by atoms with van der Waals surface area (Å²) in [6.07, 6.45) is -1.26. The predicted octanol–water partition coefficient (Wildman–Crippen LogP) is 7.35. The van der Waals surface area contributed by atoms with Crippen LogP contribution < -0.4 is 5.32 Å². The lowest BCUT2D eigenvalue weighted by Crippen LogP contribution is -2.34. The average molecular weight is 474 g/mol. The van der Waals surface area contributed by atoms with Crippen LogP contribution in [0.5, 0.6) is 0 Å². The van der Waals surface area contributed by atoms with E-state index >= 15 is 0 Å². The second-order valence-electron chi connectivity index (χ2n) is 10.1. The van der Waals surface area contributed by atoms with E-state index in [0.717, 1.165) is 30.0 Å². The summed E-state index contributed by atoms with van der Waals surface area (Å²) in [5.41, 5.74) is 2.75. The number of hydrogen-bond acceptors (Lipinski definition) is 3. The molecule has 33 heavy (non-hydrogen) atoms. The Hall–Kier alpha value is -2.54. The third-order valence-electron chi connectivity index (χ3n) is 6.80. The highest BCUT2D eigenvalue weighted by atomic mass is 32.2. The number of alkyl halides is 3. The smallest absolute Gasteiger partial charge is 0.282 e. The molecular weight excluding hydrogens is 447 g/mol. The Kier molecular flexibility index (Phi) is 5.55. The van der Waals surface area contributed by atoms with Gasteiger partial charge in [-0.15, -0.1) is 0 Å². The van der Waals surface area contributed by atoms with Crippen molar-refractivity contribution in [3.8, 4) is 11.1 Å². The van der Waals surface area contributed by atoms with Crippen LogP contribution in [0.4, 0.5) is 18.0 Å². The Balaban J connectivity index is 2.02. The Morgan fingerprint density at radius 1 is 1.00 bits per heavy atom. The van der Waals surface area contributed by atoms with Crippen molar-refractivity contribution < 1.29 is 22.8 Å². The van der Waals surface area contributed by atoms with Crippen molar-refractivity contribution in [3.05, 3.63) is 63.1 Å². The summed E-state index contributed by atoms with van der Waals surface area (Å²) in [4.78, 5) is 23.8. The van der Waals surface area contributed by atoms with Gasteiger partial charge in [0.15, 0.2) is 0 Å². The van der Waals surface area contributed by atoms with E-state index in [4.69, 9.17) is 0 Å². The second-order valence-corrected chi connectivity index (χ2v) is 11.1. The van der Waals surface area contributed by atoms with Crippen LogP contribution in [0.15, 0.2) is 35.2 Å². The molecule has 1 N–H and O–H groups in total. The van der Waals surface area contributed by atoms with Gasteiger partial charge in [-0.3, -0.25) is 14.9 Å². The van der Waals surface area contributed by atoms with E-state index in [9.17, 15) is 22.8 Å². The predicted molar refractivity (Wildman–Crippen MR) is 126 cm³/mol.